The van der Waals surface area contributed by atoms with Gasteiger partial charge in [0.15, 0.2) is 0 Å². The molecule has 0 unspecified atom stereocenters. The van der Waals surface area contributed by atoms with Gasteiger partial charge in [-0.2, -0.15) is 0 Å². The number of hydrogen-bond acceptors (Lipinski definition) is 1. The fraction of sp³-hybridized carbons (Fsp3) is 0.364. The molecule has 1 aromatic heterocycles. The SMILES string of the molecule is C=CCCc1ccc(CBC)nc1. The number of aromatic nitrogens is 1. The van der Waals surface area contributed by atoms with E-state index in [-0.39, 0.29) is 0 Å². The Hall–Kier alpha value is -1.05. The maximum Gasteiger partial charge on any atom is 0.124 e. The highest BCUT2D eigenvalue weighted by molar-refractivity contribution is 6.32. The van der Waals surface area contributed by atoms with E-state index in [1.807, 2.05) is 12.3 Å². The van der Waals surface area contributed by atoms with E-state index in [1.54, 1.807) is 0 Å². The van der Waals surface area contributed by atoms with E-state index >= 15 is 0 Å². The Labute approximate surface area is 81.1 Å². The van der Waals surface area contributed by atoms with Crippen LogP contribution in [0.2, 0.25) is 6.82 Å². The number of nitrogens with zero attached hydrogens (tertiary/aromatic N) is 1. The second-order valence-corrected chi connectivity index (χ2v) is 3.24. The summed E-state index contributed by atoms with van der Waals surface area (Å²) in [5.74, 6) is 0. The third-order valence-corrected chi connectivity index (χ3v) is 2.03. The Morgan fingerprint density at radius 2 is 2.38 bits per heavy atom. The number of hydrogen-bond donors (Lipinski definition) is 0. The first-order valence-electron chi connectivity index (χ1n) is 4.91. The Kier molecular flexibility index (Phi) is 4.30. The van der Waals surface area contributed by atoms with E-state index in [4.69, 9.17) is 0 Å². The third-order valence-electron chi connectivity index (χ3n) is 2.03. The van der Waals surface area contributed by atoms with Crippen molar-refractivity contribution in [2.24, 2.45) is 0 Å². The summed E-state index contributed by atoms with van der Waals surface area (Å²) in [6.07, 6.45) is 7.11. The molecule has 0 amide bonds. The van der Waals surface area contributed by atoms with Crippen molar-refractivity contribution >= 4 is 7.28 Å². The summed E-state index contributed by atoms with van der Waals surface area (Å²) >= 11 is 0. The van der Waals surface area contributed by atoms with Crippen LogP contribution >= 0.6 is 0 Å². The molecule has 1 aromatic rings. The maximum atomic E-state index is 4.39. The van der Waals surface area contributed by atoms with Crippen molar-refractivity contribution in [1.29, 1.82) is 0 Å². The second-order valence-electron chi connectivity index (χ2n) is 3.24. The summed E-state index contributed by atoms with van der Waals surface area (Å²) in [4.78, 5) is 4.39. The van der Waals surface area contributed by atoms with Crippen LogP contribution < -0.4 is 0 Å². The number of pyridine rings is 1. The molecule has 0 N–H and O–H groups in total. The molecule has 1 rings (SSSR count). The molecule has 0 fully saturated rings. The van der Waals surface area contributed by atoms with Gasteiger partial charge in [-0.25, -0.2) is 0 Å². The molecular weight excluding hydrogens is 157 g/mol. The normalized spacial score (nSPS) is 9.62. The average molecular weight is 173 g/mol. The Balaban J connectivity index is 2.53. The van der Waals surface area contributed by atoms with Crippen LogP contribution in [0, 0.1) is 0 Å². The fourth-order valence-corrected chi connectivity index (χ4v) is 1.28. The van der Waals surface area contributed by atoms with E-state index in [9.17, 15) is 0 Å². The van der Waals surface area contributed by atoms with Crippen LogP contribution in [0.1, 0.15) is 17.7 Å². The molecule has 13 heavy (non-hydrogen) atoms. The monoisotopic (exact) mass is 173 g/mol. The van der Waals surface area contributed by atoms with Crippen LogP contribution in [0.5, 0.6) is 0 Å². The molecule has 0 aliphatic heterocycles. The summed E-state index contributed by atoms with van der Waals surface area (Å²) in [6, 6.07) is 4.30. The lowest BCUT2D eigenvalue weighted by Crippen LogP contribution is -1.95. The smallest absolute Gasteiger partial charge is 0.124 e. The minimum absolute atomic E-state index is 1.04. The summed E-state index contributed by atoms with van der Waals surface area (Å²) in [5, 5.41) is 0. The van der Waals surface area contributed by atoms with Gasteiger partial charge >= 0.3 is 0 Å². The van der Waals surface area contributed by atoms with Crippen molar-refractivity contribution in [3.8, 4) is 0 Å². The predicted molar refractivity (Wildman–Crippen MR) is 59.5 cm³/mol. The third kappa shape index (κ3) is 3.45. The van der Waals surface area contributed by atoms with Crippen molar-refractivity contribution in [2.75, 3.05) is 0 Å². The molecule has 0 atom stereocenters. The van der Waals surface area contributed by atoms with Crippen LogP contribution in [0.3, 0.4) is 0 Å². The van der Waals surface area contributed by atoms with E-state index in [2.05, 4.69) is 30.5 Å². The number of aryl methyl sites for hydroxylation is 1. The molecule has 0 spiro atoms. The van der Waals surface area contributed by atoms with Gasteiger partial charge < -0.3 is 0 Å². The molecule has 1 heterocycles. The zero-order valence-corrected chi connectivity index (χ0v) is 8.29. The van der Waals surface area contributed by atoms with E-state index in [0.29, 0.717) is 0 Å². The molecule has 2 heteroatoms. The van der Waals surface area contributed by atoms with Crippen molar-refractivity contribution in [3.63, 3.8) is 0 Å². The highest BCUT2D eigenvalue weighted by atomic mass is 14.7. The molecule has 0 aliphatic carbocycles. The van der Waals surface area contributed by atoms with Crippen LogP contribution in [0.25, 0.3) is 0 Å². The molecule has 0 saturated carbocycles. The molecule has 0 aliphatic rings. The molecule has 0 aromatic carbocycles. The first-order valence-corrected chi connectivity index (χ1v) is 4.91. The van der Waals surface area contributed by atoms with Crippen molar-refractivity contribution in [1.82, 2.24) is 4.98 Å². The predicted octanol–water partition coefficient (Wildman–Crippen LogP) is 2.18. The highest BCUT2D eigenvalue weighted by Crippen LogP contribution is 2.03. The molecule has 0 saturated heterocycles. The fourth-order valence-electron chi connectivity index (χ4n) is 1.28. The first kappa shape index (κ1) is 10.0. The summed E-state index contributed by atoms with van der Waals surface area (Å²) in [5.41, 5.74) is 2.50. The van der Waals surface area contributed by atoms with Crippen molar-refractivity contribution in [2.45, 2.75) is 26.0 Å². The molecule has 68 valence electrons. The van der Waals surface area contributed by atoms with Crippen LogP contribution in [0.4, 0.5) is 0 Å². The quantitative estimate of drug-likeness (QED) is 0.491. The summed E-state index contributed by atoms with van der Waals surface area (Å²) in [6.45, 7) is 5.88. The zero-order chi connectivity index (χ0) is 9.52. The van der Waals surface area contributed by atoms with Gasteiger partial charge in [-0.05, 0) is 30.8 Å². The summed E-state index contributed by atoms with van der Waals surface area (Å²) < 4.78 is 0. The Morgan fingerprint density at radius 3 is 2.92 bits per heavy atom. The van der Waals surface area contributed by atoms with Gasteiger partial charge in [0, 0.05) is 11.9 Å². The highest BCUT2D eigenvalue weighted by Gasteiger charge is 1.94. The lowest BCUT2D eigenvalue weighted by molar-refractivity contribution is 0.979. The lowest BCUT2D eigenvalue weighted by Gasteiger charge is -2.00. The summed E-state index contributed by atoms with van der Waals surface area (Å²) in [7, 11) is 1.17. The second kappa shape index (κ2) is 5.57. The van der Waals surface area contributed by atoms with Gasteiger partial charge in [0.05, 0.1) is 0 Å². The number of rotatable bonds is 5. The zero-order valence-electron chi connectivity index (χ0n) is 8.29. The van der Waals surface area contributed by atoms with Gasteiger partial charge in [0.1, 0.15) is 7.28 Å². The molecule has 0 bridgehead atoms. The first-order chi connectivity index (χ1) is 6.36. The van der Waals surface area contributed by atoms with Gasteiger partial charge in [0.2, 0.25) is 0 Å². The average Bonchev–Trinajstić information content (AvgIpc) is 2.17. The van der Waals surface area contributed by atoms with Crippen LogP contribution in [-0.2, 0) is 12.7 Å². The maximum absolute atomic E-state index is 4.39. The van der Waals surface area contributed by atoms with Gasteiger partial charge in [-0.3, -0.25) is 4.98 Å². The Morgan fingerprint density at radius 1 is 1.54 bits per heavy atom. The van der Waals surface area contributed by atoms with E-state index < -0.39 is 0 Å². The molecular formula is C11H16BN. The van der Waals surface area contributed by atoms with Gasteiger partial charge in [-0.1, -0.05) is 19.0 Å². The molecule has 1 nitrogen and oxygen atoms in total. The lowest BCUT2D eigenvalue weighted by atomic mass is 9.76. The Bertz CT molecular complexity index is 253. The van der Waals surface area contributed by atoms with Crippen molar-refractivity contribution < 1.29 is 0 Å². The van der Waals surface area contributed by atoms with Crippen molar-refractivity contribution in [3.05, 3.63) is 42.2 Å². The van der Waals surface area contributed by atoms with Gasteiger partial charge in [-0.15, -0.1) is 6.58 Å². The van der Waals surface area contributed by atoms with E-state index in [0.717, 1.165) is 19.2 Å². The van der Waals surface area contributed by atoms with E-state index in [1.165, 1.54) is 18.5 Å². The largest absolute Gasteiger partial charge is 0.262 e. The topological polar surface area (TPSA) is 12.9 Å². The van der Waals surface area contributed by atoms with Crippen LogP contribution in [0.15, 0.2) is 31.0 Å². The minimum atomic E-state index is 1.04. The standard InChI is InChI=1S/C11H16BN/c1-3-4-5-10-6-7-11(8-12-2)13-9-10/h3,6-7,9,12H,1,4-5,8H2,2H3. The molecule has 0 radical (unpaired) electrons. The van der Waals surface area contributed by atoms with Crippen LogP contribution in [-0.4, -0.2) is 12.3 Å². The number of allylic oxidation sites excluding steroid dienone is 1. The van der Waals surface area contributed by atoms with Gasteiger partial charge in [0.25, 0.3) is 0 Å². The minimum Gasteiger partial charge on any atom is -0.262 e.